The number of ketones is 1. The number of esters is 1. The Hall–Kier alpha value is -1.02. The number of ether oxygens (including phenoxy) is 3. The molecule has 5 rings (SSSR count). The van der Waals surface area contributed by atoms with Crippen LogP contribution in [-0.2, 0) is 23.8 Å². The first kappa shape index (κ1) is 21.8. The predicted octanol–water partition coefficient (Wildman–Crippen LogP) is 2.36. The third-order valence-corrected chi connectivity index (χ3v) is 10.1. The van der Waals surface area contributed by atoms with E-state index in [2.05, 4.69) is 6.92 Å². The summed E-state index contributed by atoms with van der Waals surface area (Å²) in [6.45, 7) is 3.40. The van der Waals surface area contributed by atoms with Crippen LogP contribution < -0.4 is 0 Å². The van der Waals surface area contributed by atoms with Gasteiger partial charge >= 0.3 is 5.97 Å². The highest BCUT2D eigenvalue weighted by molar-refractivity contribution is 5.85. The molecule has 1 aliphatic heterocycles. The van der Waals surface area contributed by atoms with Crippen LogP contribution in [0.15, 0.2) is 0 Å². The lowest BCUT2D eigenvalue weighted by atomic mass is 9.42. The third-order valence-electron chi connectivity index (χ3n) is 10.1. The lowest BCUT2D eigenvalue weighted by molar-refractivity contribution is -0.239. The van der Waals surface area contributed by atoms with E-state index in [-0.39, 0.29) is 35.6 Å². The summed E-state index contributed by atoms with van der Waals surface area (Å²) in [4.78, 5) is 24.2. The first-order chi connectivity index (χ1) is 14.6. The minimum Gasteiger partial charge on any atom is -0.458 e. The van der Waals surface area contributed by atoms with Crippen molar-refractivity contribution >= 4 is 11.8 Å². The summed E-state index contributed by atoms with van der Waals surface area (Å²) >= 11 is 0. The number of aliphatic hydroxyl groups is 2. The van der Waals surface area contributed by atoms with Crippen molar-refractivity contribution in [3.8, 4) is 0 Å². The summed E-state index contributed by atoms with van der Waals surface area (Å²) in [5.74, 6) is -0.179. The van der Waals surface area contributed by atoms with Crippen molar-refractivity contribution in [1.82, 2.24) is 0 Å². The van der Waals surface area contributed by atoms with Gasteiger partial charge < -0.3 is 24.4 Å². The monoisotopic (exact) mass is 436 g/mol. The lowest BCUT2D eigenvalue weighted by Crippen LogP contribution is -2.67. The van der Waals surface area contributed by atoms with Crippen molar-refractivity contribution < 1.29 is 34.0 Å². The second kappa shape index (κ2) is 6.99. The molecular weight excluding hydrogens is 400 g/mol. The van der Waals surface area contributed by atoms with E-state index in [4.69, 9.17) is 14.2 Å². The second-order valence-corrected chi connectivity index (χ2v) is 11.1. The fourth-order valence-electron chi connectivity index (χ4n) is 9.02. The maximum absolute atomic E-state index is 13.0. The van der Waals surface area contributed by atoms with Gasteiger partial charge in [-0.1, -0.05) is 6.92 Å². The van der Waals surface area contributed by atoms with Gasteiger partial charge in [-0.25, -0.2) is 0 Å². The van der Waals surface area contributed by atoms with E-state index in [9.17, 15) is 19.8 Å². The zero-order valence-corrected chi connectivity index (χ0v) is 18.9. The van der Waals surface area contributed by atoms with Crippen LogP contribution in [0.2, 0.25) is 0 Å². The smallest absolute Gasteiger partial charge is 0.303 e. The van der Waals surface area contributed by atoms with Gasteiger partial charge in [0.05, 0.1) is 22.7 Å². The van der Waals surface area contributed by atoms with E-state index in [0.29, 0.717) is 25.7 Å². The molecule has 174 valence electrons. The molecule has 1 saturated heterocycles. The van der Waals surface area contributed by atoms with Crippen LogP contribution in [0, 0.1) is 28.6 Å². The Bertz CT molecular complexity index is 784. The topological polar surface area (TPSA) is 102 Å². The molecule has 7 nitrogen and oxygen atoms in total. The Balaban J connectivity index is 1.50. The van der Waals surface area contributed by atoms with Gasteiger partial charge in [-0.15, -0.1) is 0 Å². The summed E-state index contributed by atoms with van der Waals surface area (Å²) in [7, 11) is 1.66. The Morgan fingerprint density at radius 3 is 2.55 bits per heavy atom. The zero-order valence-electron chi connectivity index (χ0n) is 18.9. The van der Waals surface area contributed by atoms with Crippen LogP contribution in [0.3, 0.4) is 0 Å². The van der Waals surface area contributed by atoms with Crippen LogP contribution in [0.4, 0.5) is 0 Å². The van der Waals surface area contributed by atoms with Gasteiger partial charge in [0.15, 0.2) is 12.1 Å². The van der Waals surface area contributed by atoms with Crippen molar-refractivity contribution in [3.63, 3.8) is 0 Å². The molecule has 2 N–H and O–H groups in total. The van der Waals surface area contributed by atoms with E-state index in [1.165, 1.54) is 6.92 Å². The molecule has 0 radical (unpaired) electrons. The number of Topliss-reactive ketones (excluding diaryl/α,β-unsaturated/α-hetero) is 1. The molecule has 0 aromatic carbocycles. The Kier molecular flexibility index (Phi) is 4.92. The third kappa shape index (κ3) is 2.66. The fourth-order valence-corrected chi connectivity index (χ4v) is 9.02. The van der Waals surface area contributed by atoms with Crippen LogP contribution in [-0.4, -0.2) is 59.3 Å². The van der Waals surface area contributed by atoms with Crippen molar-refractivity contribution in [3.05, 3.63) is 0 Å². The first-order valence-corrected chi connectivity index (χ1v) is 11.9. The molecule has 0 aromatic heterocycles. The molecule has 4 saturated carbocycles. The van der Waals surface area contributed by atoms with Crippen LogP contribution in [0.1, 0.15) is 71.6 Å². The summed E-state index contributed by atoms with van der Waals surface area (Å²) in [5, 5.41) is 22.2. The molecule has 1 spiro atoms. The van der Waals surface area contributed by atoms with Gasteiger partial charge in [-0.05, 0) is 62.7 Å². The number of hydrogen-bond donors (Lipinski definition) is 2. The number of hydrogen-bond acceptors (Lipinski definition) is 7. The maximum atomic E-state index is 13.0. The molecule has 9 atom stereocenters. The molecule has 0 unspecified atom stereocenters. The summed E-state index contributed by atoms with van der Waals surface area (Å²) < 4.78 is 17.8. The molecule has 1 heterocycles. The highest BCUT2D eigenvalue weighted by Crippen LogP contribution is 2.75. The van der Waals surface area contributed by atoms with Gasteiger partial charge in [0.1, 0.15) is 6.61 Å². The molecule has 2 bridgehead atoms. The van der Waals surface area contributed by atoms with Crippen molar-refractivity contribution in [2.45, 2.75) is 95.2 Å². The molecule has 5 aliphatic rings. The summed E-state index contributed by atoms with van der Waals surface area (Å²) in [6.07, 6.45) is 5.55. The number of rotatable bonds is 4. The molecule has 31 heavy (non-hydrogen) atoms. The van der Waals surface area contributed by atoms with Gasteiger partial charge in [0, 0.05) is 32.3 Å². The average molecular weight is 437 g/mol. The van der Waals surface area contributed by atoms with Gasteiger partial charge in [0.25, 0.3) is 0 Å². The van der Waals surface area contributed by atoms with Crippen molar-refractivity contribution in [1.29, 1.82) is 0 Å². The highest BCUT2D eigenvalue weighted by Gasteiger charge is 2.79. The molecule has 4 aliphatic carbocycles. The molecular formula is C24H36O7. The number of aliphatic hydroxyl groups excluding tert-OH is 1. The van der Waals surface area contributed by atoms with E-state index < -0.39 is 35.0 Å². The van der Waals surface area contributed by atoms with Crippen LogP contribution in [0.25, 0.3) is 0 Å². The number of carbonyl (C=O) groups is 2. The number of fused-ring (bicyclic) bond motifs is 1. The summed E-state index contributed by atoms with van der Waals surface area (Å²) in [5.41, 5.74) is -2.09. The SMILES string of the molecule is CO[C@@H]1O[C@]23CC[C@@]4(O)C[C@@H](O)CC[C@]14[C@@H]2CC[C@@]1(C)[C@H](C(=O)COC(C)=O)CC[C@@H]13. The van der Waals surface area contributed by atoms with E-state index in [1.807, 2.05) is 0 Å². The van der Waals surface area contributed by atoms with Crippen LogP contribution in [0.5, 0.6) is 0 Å². The standard InChI is InChI=1S/C24H36O7/c1-14(25)30-13-17(27)16-4-5-18-21(16,2)8-7-19-23-9-6-15(26)12-22(23,28)10-11-24(18,19)31-20(23)29-3/h15-16,18-20,26,28H,4-13H2,1-3H3/t15-,16-,18-,19-,20+,21-,22+,23-,24-/m0/s1. The minimum absolute atomic E-state index is 0.0131. The van der Waals surface area contributed by atoms with Crippen molar-refractivity contribution in [2.75, 3.05) is 13.7 Å². The Morgan fingerprint density at radius 2 is 1.84 bits per heavy atom. The lowest BCUT2D eigenvalue weighted by Gasteiger charge is -2.63. The average Bonchev–Trinajstić information content (AvgIpc) is 3.18. The quantitative estimate of drug-likeness (QED) is 0.652. The predicted molar refractivity (Wildman–Crippen MR) is 110 cm³/mol. The molecule has 5 fully saturated rings. The van der Waals surface area contributed by atoms with Crippen LogP contribution >= 0.6 is 0 Å². The molecule has 7 heteroatoms. The van der Waals surface area contributed by atoms with E-state index in [1.54, 1.807) is 7.11 Å². The summed E-state index contributed by atoms with van der Waals surface area (Å²) in [6, 6.07) is 0. The minimum atomic E-state index is -0.979. The van der Waals surface area contributed by atoms with E-state index in [0.717, 1.165) is 32.1 Å². The number of carbonyl (C=O) groups excluding carboxylic acids is 2. The normalized spacial score (nSPS) is 52.7. The highest BCUT2D eigenvalue weighted by atomic mass is 16.7. The first-order valence-electron chi connectivity index (χ1n) is 11.9. The van der Waals surface area contributed by atoms with Gasteiger partial charge in [0.2, 0.25) is 0 Å². The number of methoxy groups -OCH3 is 1. The fraction of sp³-hybridized carbons (Fsp3) is 0.917. The Morgan fingerprint density at radius 1 is 1.06 bits per heavy atom. The largest absolute Gasteiger partial charge is 0.458 e. The maximum Gasteiger partial charge on any atom is 0.303 e. The molecule has 0 amide bonds. The molecule has 0 aromatic rings. The van der Waals surface area contributed by atoms with E-state index >= 15 is 0 Å². The second-order valence-electron chi connectivity index (χ2n) is 11.1. The Labute approximate surface area is 183 Å². The zero-order chi connectivity index (χ0) is 22.2. The van der Waals surface area contributed by atoms with Gasteiger partial charge in [-0.2, -0.15) is 0 Å². The van der Waals surface area contributed by atoms with Crippen molar-refractivity contribution in [2.24, 2.45) is 28.6 Å². The van der Waals surface area contributed by atoms with Gasteiger partial charge in [-0.3, -0.25) is 9.59 Å².